The molecule has 3 nitrogen and oxygen atoms in total. The third-order valence-electron chi connectivity index (χ3n) is 4.32. The van der Waals surface area contributed by atoms with Crippen LogP contribution in [0.25, 0.3) is 0 Å². The van der Waals surface area contributed by atoms with Gasteiger partial charge in [-0.05, 0) is 57.2 Å². The van der Waals surface area contributed by atoms with E-state index in [0.717, 1.165) is 12.5 Å². The zero-order chi connectivity index (χ0) is 11.7. The van der Waals surface area contributed by atoms with Crippen molar-refractivity contribution in [2.75, 3.05) is 19.6 Å². The second-order valence-electron chi connectivity index (χ2n) is 5.50. The molecule has 0 aromatic carbocycles. The molecule has 1 unspecified atom stereocenters. The highest BCUT2D eigenvalue weighted by Gasteiger charge is 2.52. The lowest BCUT2D eigenvalue weighted by molar-refractivity contribution is 0.318. The van der Waals surface area contributed by atoms with Gasteiger partial charge >= 0.3 is 0 Å². The zero-order valence-electron chi connectivity index (χ0n) is 10.5. The predicted octanol–water partition coefficient (Wildman–Crippen LogP) is 1.93. The lowest BCUT2D eigenvalue weighted by Crippen LogP contribution is -2.31. The molecule has 1 atom stereocenters. The fraction of sp³-hybridized carbons (Fsp3) is 0.769. The average Bonchev–Trinajstić information content (AvgIpc) is 2.80. The van der Waals surface area contributed by atoms with Crippen LogP contribution in [0.3, 0.4) is 0 Å². The smallest absolute Gasteiger partial charge is 0.0897 e. The standard InChI is InChI=1S/C13H21N3S/c1-10-16-12(9-17-10)8-15-7-11-6-13(11)2-4-14-5-3-13/h9,11,14-15H,2-8H2,1H3. The number of aryl methyl sites for hydroxylation is 1. The van der Waals surface area contributed by atoms with E-state index < -0.39 is 0 Å². The molecule has 94 valence electrons. The molecular weight excluding hydrogens is 230 g/mol. The van der Waals surface area contributed by atoms with Crippen molar-refractivity contribution in [3.05, 3.63) is 16.1 Å². The van der Waals surface area contributed by atoms with E-state index in [1.165, 1.54) is 49.6 Å². The largest absolute Gasteiger partial charge is 0.317 e. The van der Waals surface area contributed by atoms with Gasteiger partial charge in [-0.15, -0.1) is 11.3 Å². The first-order valence-corrected chi connectivity index (χ1v) is 7.49. The molecule has 1 aromatic rings. The number of hydrogen-bond acceptors (Lipinski definition) is 4. The third-order valence-corrected chi connectivity index (χ3v) is 5.14. The number of aromatic nitrogens is 1. The molecule has 1 aliphatic carbocycles. The molecule has 0 amide bonds. The van der Waals surface area contributed by atoms with Crippen molar-refractivity contribution >= 4 is 11.3 Å². The molecule has 1 saturated carbocycles. The third kappa shape index (κ3) is 2.54. The number of nitrogens with zero attached hydrogens (tertiary/aromatic N) is 1. The summed E-state index contributed by atoms with van der Waals surface area (Å²) in [4.78, 5) is 4.48. The monoisotopic (exact) mass is 251 g/mol. The van der Waals surface area contributed by atoms with E-state index >= 15 is 0 Å². The first-order chi connectivity index (χ1) is 8.28. The molecule has 2 fully saturated rings. The summed E-state index contributed by atoms with van der Waals surface area (Å²) in [5, 5.41) is 10.4. The second-order valence-corrected chi connectivity index (χ2v) is 6.56. The minimum absolute atomic E-state index is 0.705. The van der Waals surface area contributed by atoms with Gasteiger partial charge in [-0.2, -0.15) is 0 Å². The van der Waals surface area contributed by atoms with Crippen molar-refractivity contribution in [1.82, 2.24) is 15.6 Å². The molecule has 3 rings (SSSR count). The molecule has 0 radical (unpaired) electrons. The van der Waals surface area contributed by atoms with Crippen molar-refractivity contribution in [1.29, 1.82) is 0 Å². The Morgan fingerprint density at radius 2 is 2.35 bits per heavy atom. The predicted molar refractivity (Wildman–Crippen MR) is 71.2 cm³/mol. The van der Waals surface area contributed by atoms with Crippen LogP contribution in [0.15, 0.2) is 5.38 Å². The van der Waals surface area contributed by atoms with Gasteiger partial charge < -0.3 is 10.6 Å². The van der Waals surface area contributed by atoms with Crippen LogP contribution in [0.5, 0.6) is 0 Å². The summed E-state index contributed by atoms with van der Waals surface area (Å²) < 4.78 is 0. The van der Waals surface area contributed by atoms with E-state index in [9.17, 15) is 0 Å². The van der Waals surface area contributed by atoms with E-state index in [0.29, 0.717) is 5.41 Å². The lowest BCUT2D eigenvalue weighted by atomic mass is 9.92. The normalized spacial score (nSPS) is 26.3. The van der Waals surface area contributed by atoms with Gasteiger partial charge in [-0.3, -0.25) is 0 Å². The fourth-order valence-electron chi connectivity index (χ4n) is 3.12. The number of piperidine rings is 1. The number of hydrogen-bond donors (Lipinski definition) is 2. The van der Waals surface area contributed by atoms with Gasteiger partial charge in [0.05, 0.1) is 10.7 Å². The minimum atomic E-state index is 0.705. The summed E-state index contributed by atoms with van der Waals surface area (Å²) in [6, 6.07) is 0. The van der Waals surface area contributed by atoms with Gasteiger partial charge in [0.2, 0.25) is 0 Å². The SMILES string of the molecule is Cc1nc(CNCC2CC23CCNCC3)cs1. The Kier molecular flexibility index (Phi) is 3.19. The highest BCUT2D eigenvalue weighted by molar-refractivity contribution is 7.09. The molecule has 1 spiro atoms. The van der Waals surface area contributed by atoms with Crippen LogP contribution in [0, 0.1) is 18.3 Å². The van der Waals surface area contributed by atoms with Crippen LogP contribution in [0.4, 0.5) is 0 Å². The molecule has 1 saturated heterocycles. The molecular formula is C13H21N3S. The highest BCUT2D eigenvalue weighted by Crippen LogP contribution is 2.58. The molecule has 1 aromatic heterocycles. The maximum absolute atomic E-state index is 4.48. The van der Waals surface area contributed by atoms with Gasteiger partial charge in [0.25, 0.3) is 0 Å². The van der Waals surface area contributed by atoms with Crippen LogP contribution < -0.4 is 10.6 Å². The van der Waals surface area contributed by atoms with E-state index in [4.69, 9.17) is 0 Å². The topological polar surface area (TPSA) is 37.0 Å². The van der Waals surface area contributed by atoms with E-state index in [2.05, 4.69) is 27.9 Å². The number of nitrogens with one attached hydrogen (secondary N) is 2. The Balaban J connectivity index is 1.41. The molecule has 17 heavy (non-hydrogen) atoms. The zero-order valence-corrected chi connectivity index (χ0v) is 11.3. The average molecular weight is 251 g/mol. The minimum Gasteiger partial charge on any atom is -0.317 e. The fourth-order valence-corrected chi connectivity index (χ4v) is 3.73. The molecule has 2 heterocycles. The van der Waals surface area contributed by atoms with Crippen LogP contribution >= 0.6 is 11.3 Å². The van der Waals surface area contributed by atoms with Crippen LogP contribution in [0.1, 0.15) is 30.0 Å². The Morgan fingerprint density at radius 1 is 1.53 bits per heavy atom. The molecule has 2 aliphatic rings. The van der Waals surface area contributed by atoms with Crippen molar-refractivity contribution in [3.8, 4) is 0 Å². The van der Waals surface area contributed by atoms with Gasteiger partial charge in [0.15, 0.2) is 0 Å². The molecule has 4 heteroatoms. The van der Waals surface area contributed by atoms with Crippen LogP contribution in [-0.4, -0.2) is 24.6 Å². The number of rotatable bonds is 4. The maximum Gasteiger partial charge on any atom is 0.0897 e. The summed E-state index contributed by atoms with van der Waals surface area (Å²) in [5.41, 5.74) is 1.91. The Hall–Kier alpha value is -0.450. The van der Waals surface area contributed by atoms with Crippen LogP contribution in [-0.2, 0) is 6.54 Å². The van der Waals surface area contributed by atoms with Crippen molar-refractivity contribution in [3.63, 3.8) is 0 Å². The van der Waals surface area contributed by atoms with Crippen molar-refractivity contribution < 1.29 is 0 Å². The summed E-state index contributed by atoms with van der Waals surface area (Å²) in [5.74, 6) is 0.921. The number of thiazole rings is 1. The highest BCUT2D eigenvalue weighted by atomic mass is 32.1. The summed E-state index contributed by atoms with van der Waals surface area (Å²) in [6.45, 7) is 6.63. The van der Waals surface area contributed by atoms with Crippen molar-refractivity contribution in [2.45, 2.75) is 32.7 Å². The Bertz CT molecular complexity index is 382. The first kappa shape index (κ1) is 11.6. The van der Waals surface area contributed by atoms with Crippen molar-refractivity contribution in [2.24, 2.45) is 11.3 Å². The summed E-state index contributed by atoms with van der Waals surface area (Å²) >= 11 is 1.74. The van der Waals surface area contributed by atoms with E-state index in [1.54, 1.807) is 11.3 Å². The van der Waals surface area contributed by atoms with E-state index in [1.807, 2.05) is 0 Å². The van der Waals surface area contributed by atoms with E-state index in [-0.39, 0.29) is 0 Å². The van der Waals surface area contributed by atoms with Gasteiger partial charge in [0.1, 0.15) is 0 Å². The van der Waals surface area contributed by atoms with Gasteiger partial charge in [0, 0.05) is 11.9 Å². The molecule has 1 aliphatic heterocycles. The quantitative estimate of drug-likeness (QED) is 0.858. The van der Waals surface area contributed by atoms with Gasteiger partial charge in [-0.25, -0.2) is 4.98 Å². The summed E-state index contributed by atoms with van der Waals surface area (Å²) in [7, 11) is 0. The van der Waals surface area contributed by atoms with Gasteiger partial charge in [-0.1, -0.05) is 0 Å². The lowest BCUT2D eigenvalue weighted by Gasteiger charge is -2.23. The summed E-state index contributed by atoms with van der Waals surface area (Å²) in [6.07, 6.45) is 4.21. The first-order valence-electron chi connectivity index (χ1n) is 6.61. The van der Waals surface area contributed by atoms with Crippen LogP contribution in [0.2, 0.25) is 0 Å². The molecule has 2 N–H and O–H groups in total. The molecule has 0 bridgehead atoms. The second kappa shape index (κ2) is 4.67. The Labute approximate surface area is 107 Å². The maximum atomic E-state index is 4.48. The Morgan fingerprint density at radius 3 is 3.06 bits per heavy atom.